The SMILES string of the molecule is Oc1c(-c2ccc(F)cc2)nc2ccc(Cl)nn12. The lowest BCUT2D eigenvalue weighted by atomic mass is 10.1. The Morgan fingerprint density at radius 3 is 2.56 bits per heavy atom. The van der Waals surface area contributed by atoms with E-state index in [0.29, 0.717) is 16.9 Å². The number of nitrogens with zero attached hydrogens (tertiary/aromatic N) is 3. The van der Waals surface area contributed by atoms with Crippen LogP contribution in [-0.4, -0.2) is 19.7 Å². The van der Waals surface area contributed by atoms with Crippen molar-refractivity contribution in [3.05, 3.63) is 47.4 Å². The number of imidazole rings is 1. The van der Waals surface area contributed by atoms with Gasteiger partial charge in [0.1, 0.15) is 16.7 Å². The summed E-state index contributed by atoms with van der Waals surface area (Å²) >= 11 is 5.75. The second-order valence-electron chi connectivity index (χ2n) is 3.72. The third-order valence-electron chi connectivity index (χ3n) is 2.54. The van der Waals surface area contributed by atoms with Crippen molar-refractivity contribution in [2.45, 2.75) is 0 Å². The molecule has 0 saturated heterocycles. The molecule has 0 spiro atoms. The Morgan fingerprint density at radius 1 is 1.11 bits per heavy atom. The van der Waals surface area contributed by atoms with Crippen LogP contribution in [0, 0.1) is 5.82 Å². The highest BCUT2D eigenvalue weighted by Crippen LogP contribution is 2.29. The molecule has 0 atom stereocenters. The van der Waals surface area contributed by atoms with E-state index in [1.165, 1.54) is 16.6 Å². The van der Waals surface area contributed by atoms with Crippen LogP contribution in [0.15, 0.2) is 36.4 Å². The molecule has 0 aliphatic carbocycles. The van der Waals surface area contributed by atoms with Gasteiger partial charge >= 0.3 is 0 Å². The molecule has 0 aliphatic rings. The molecule has 0 radical (unpaired) electrons. The van der Waals surface area contributed by atoms with Gasteiger partial charge in [0, 0.05) is 5.56 Å². The Bertz CT molecular complexity index is 724. The number of aromatic hydroxyl groups is 1. The average molecular weight is 264 g/mol. The summed E-state index contributed by atoms with van der Waals surface area (Å²) in [5, 5.41) is 14.2. The standard InChI is InChI=1S/C12H7ClFN3O/c13-9-5-6-10-15-11(12(18)17(10)16-9)7-1-3-8(14)4-2-7/h1-6,18H. The molecule has 18 heavy (non-hydrogen) atoms. The zero-order valence-corrected chi connectivity index (χ0v) is 9.76. The molecule has 4 nitrogen and oxygen atoms in total. The zero-order chi connectivity index (χ0) is 12.7. The number of hydrogen-bond acceptors (Lipinski definition) is 3. The van der Waals surface area contributed by atoms with Gasteiger partial charge in [0.2, 0.25) is 5.88 Å². The van der Waals surface area contributed by atoms with E-state index >= 15 is 0 Å². The molecule has 0 bridgehead atoms. The van der Waals surface area contributed by atoms with E-state index in [-0.39, 0.29) is 16.9 Å². The molecule has 90 valence electrons. The molecule has 0 amide bonds. The molecule has 6 heteroatoms. The van der Waals surface area contributed by atoms with Crippen molar-refractivity contribution in [3.63, 3.8) is 0 Å². The molecule has 0 aliphatic heterocycles. The fourth-order valence-corrected chi connectivity index (χ4v) is 1.84. The first-order valence-corrected chi connectivity index (χ1v) is 5.53. The van der Waals surface area contributed by atoms with E-state index < -0.39 is 0 Å². The van der Waals surface area contributed by atoms with Crippen LogP contribution in [-0.2, 0) is 0 Å². The Labute approximate surface area is 106 Å². The van der Waals surface area contributed by atoms with Crippen LogP contribution in [0.3, 0.4) is 0 Å². The Morgan fingerprint density at radius 2 is 1.83 bits per heavy atom. The second-order valence-corrected chi connectivity index (χ2v) is 4.10. The summed E-state index contributed by atoms with van der Waals surface area (Å²) < 4.78 is 14.1. The smallest absolute Gasteiger partial charge is 0.241 e. The average Bonchev–Trinajstić information content (AvgIpc) is 2.68. The summed E-state index contributed by atoms with van der Waals surface area (Å²) in [6.07, 6.45) is 0. The van der Waals surface area contributed by atoms with Gasteiger partial charge in [-0.2, -0.15) is 9.61 Å². The monoisotopic (exact) mass is 263 g/mol. The number of rotatable bonds is 1. The number of fused-ring (bicyclic) bond motifs is 1. The molecular formula is C12H7ClFN3O. The van der Waals surface area contributed by atoms with Crippen LogP contribution in [0.2, 0.25) is 5.15 Å². The van der Waals surface area contributed by atoms with Crippen molar-refractivity contribution in [1.82, 2.24) is 14.6 Å². The van der Waals surface area contributed by atoms with Gasteiger partial charge in [-0.15, -0.1) is 0 Å². The maximum atomic E-state index is 12.8. The van der Waals surface area contributed by atoms with E-state index in [2.05, 4.69) is 10.1 Å². The highest BCUT2D eigenvalue weighted by atomic mass is 35.5. The molecule has 0 unspecified atom stereocenters. The lowest BCUT2D eigenvalue weighted by molar-refractivity contribution is 0.441. The quantitative estimate of drug-likeness (QED) is 0.734. The van der Waals surface area contributed by atoms with E-state index in [9.17, 15) is 9.50 Å². The summed E-state index contributed by atoms with van der Waals surface area (Å²) in [4.78, 5) is 4.22. The van der Waals surface area contributed by atoms with Crippen LogP contribution >= 0.6 is 11.6 Å². The van der Waals surface area contributed by atoms with Crippen molar-refractivity contribution in [3.8, 4) is 17.1 Å². The lowest BCUT2D eigenvalue weighted by Crippen LogP contribution is -1.90. The largest absolute Gasteiger partial charge is 0.492 e. The minimum atomic E-state index is -0.344. The Balaban J connectivity index is 2.23. The summed E-state index contributed by atoms with van der Waals surface area (Å²) in [5.41, 5.74) is 1.41. The van der Waals surface area contributed by atoms with Gasteiger partial charge in [-0.05, 0) is 36.4 Å². The number of benzene rings is 1. The third kappa shape index (κ3) is 1.69. The maximum Gasteiger partial charge on any atom is 0.241 e. The summed E-state index contributed by atoms with van der Waals surface area (Å²) in [7, 11) is 0. The van der Waals surface area contributed by atoms with Gasteiger partial charge < -0.3 is 5.11 Å². The van der Waals surface area contributed by atoms with Gasteiger partial charge in [-0.3, -0.25) is 0 Å². The molecule has 3 rings (SSSR count). The van der Waals surface area contributed by atoms with Crippen molar-refractivity contribution < 1.29 is 9.50 Å². The topological polar surface area (TPSA) is 50.4 Å². The summed E-state index contributed by atoms with van der Waals surface area (Å²) in [6.45, 7) is 0. The van der Waals surface area contributed by atoms with E-state index in [4.69, 9.17) is 11.6 Å². The first-order valence-electron chi connectivity index (χ1n) is 5.15. The van der Waals surface area contributed by atoms with Crippen molar-refractivity contribution in [1.29, 1.82) is 0 Å². The molecule has 0 saturated carbocycles. The number of aromatic nitrogens is 3. The van der Waals surface area contributed by atoms with Crippen molar-refractivity contribution in [2.24, 2.45) is 0 Å². The van der Waals surface area contributed by atoms with Crippen LogP contribution in [0.5, 0.6) is 5.88 Å². The highest BCUT2D eigenvalue weighted by molar-refractivity contribution is 6.29. The van der Waals surface area contributed by atoms with Gasteiger partial charge in [-0.1, -0.05) is 11.6 Å². The first kappa shape index (κ1) is 11.0. The minimum absolute atomic E-state index is 0.126. The Kier molecular flexibility index (Phi) is 2.41. The van der Waals surface area contributed by atoms with Crippen LogP contribution in [0.25, 0.3) is 16.9 Å². The van der Waals surface area contributed by atoms with Crippen LogP contribution in [0.1, 0.15) is 0 Å². The van der Waals surface area contributed by atoms with Gasteiger partial charge in [0.15, 0.2) is 5.65 Å². The second kappa shape index (κ2) is 3.96. The third-order valence-corrected chi connectivity index (χ3v) is 2.74. The van der Waals surface area contributed by atoms with E-state index in [1.54, 1.807) is 24.3 Å². The molecule has 2 aromatic heterocycles. The molecule has 1 aromatic carbocycles. The van der Waals surface area contributed by atoms with Crippen molar-refractivity contribution in [2.75, 3.05) is 0 Å². The van der Waals surface area contributed by atoms with Gasteiger partial charge in [-0.25, -0.2) is 9.37 Å². The zero-order valence-electron chi connectivity index (χ0n) is 9.01. The van der Waals surface area contributed by atoms with Crippen LogP contribution in [0.4, 0.5) is 4.39 Å². The molecule has 3 aromatic rings. The van der Waals surface area contributed by atoms with E-state index in [1.807, 2.05) is 0 Å². The summed E-state index contributed by atoms with van der Waals surface area (Å²) in [5.74, 6) is -0.470. The lowest BCUT2D eigenvalue weighted by Gasteiger charge is -1.97. The molecule has 2 heterocycles. The van der Waals surface area contributed by atoms with Gasteiger partial charge in [0.25, 0.3) is 0 Å². The number of halogens is 2. The normalized spacial score (nSPS) is 11.0. The fourth-order valence-electron chi connectivity index (χ4n) is 1.70. The maximum absolute atomic E-state index is 12.8. The number of hydrogen-bond donors (Lipinski definition) is 1. The van der Waals surface area contributed by atoms with Crippen LogP contribution < -0.4 is 0 Å². The fraction of sp³-hybridized carbons (Fsp3) is 0. The predicted octanol–water partition coefficient (Wildman–Crippen LogP) is 2.89. The Hall–Kier alpha value is -2.14. The summed E-state index contributed by atoms with van der Waals surface area (Å²) in [6, 6.07) is 8.91. The van der Waals surface area contributed by atoms with E-state index in [0.717, 1.165) is 0 Å². The molecule has 0 fully saturated rings. The molecular weight excluding hydrogens is 257 g/mol. The van der Waals surface area contributed by atoms with Crippen molar-refractivity contribution >= 4 is 17.2 Å². The van der Waals surface area contributed by atoms with Gasteiger partial charge in [0.05, 0.1) is 0 Å². The predicted molar refractivity (Wildman–Crippen MR) is 65.1 cm³/mol. The molecule has 1 N–H and O–H groups in total. The minimum Gasteiger partial charge on any atom is -0.492 e. The first-order chi connectivity index (χ1) is 8.65. The highest BCUT2D eigenvalue weighted by Gasteiger charge is 2.14.